The lowest BCUT2D eigenvalue weighted by Gasteiger charge is -2.43. The third kappa shape index (κ3) is 3.79. The number of hydrogen-bond acceptors (Lipinski definition) is 3. The summed E-state index contributed by atoms with van der Waals surface area (Å²) in [6.45, 7) is 7.37. The number of amides is 1. The van der Waals surface area contributed by atoms with Crippen LogP contribution in [-0.2, 0) is 4.74 Å². The van der Waals surface area contributed by atoms with E-state index in [2.05, 4.69) is 26.8 Å². The van der Waals surface area contributed by atoms with Crippen molar-refractivity contribution in [3.63, 3.8) is 0 Å². The Balaban J connectivity index is 1.92. The molecule has 1 fully saturated rings. The smallest absolute Gasteiger partial charge is 0.255 e. The van der Waals surface area contributed by atoms with Crippen molar-refractivity contribution >= 4 is 5.91 Å². The molecule has 0 radical (unpaired) electrons. The molecule has 1 heterocycles. The Morgan fingerprint density at radius 1 is 1.08 bits per heavy atom. The summed E-state index contributed by atoms with van der Waals surface area (Å²) in [5, 5.41) is 9.33. The van der Waals surface area contributed by atoms with Crippen LogP contribution >= 0.6 is 0 Å². The van der Waals surface area contributed by atoms with E-state index < -0.39 is 0 Å². The number of rotatable bonds is 2. The Hall–Kier alpha value is -2.64. The van der Waals surface area contributed by atoms with Crippen LogP contribution in [0.1, 0.15) is 48.4 Å². The summed E-state index contributed by atoms with van der Waals surface area (Å²) in [5.74, 6) is -0.111. The van der Waals surface area contributed by atoms with Gasteiger partial charge in [0.1, 0.15) is 6.10 Å². The number of ether oxygens (including phenoxy) is 1. The summed E-state index contributed by atoms with van der Waals surface area (Å²) in [7, 11) is 0. The number of benzene rings is 2. The van der Waals surface area contributed by atoms with E-state index in [-0.39, 0.29) is 23.5 Å². The molecule has 134 valence electrons. The molecule has 26 heavy (non-hydrogen) atoms. The first-order valence-electron chi connectivity index (χ1n) is 8.89. The molecule has 1 amide bonds. The summed E-state index contributed by atoms with van der Waals surface area (Å²) in [5.41, 5.74) is 1.83. The van der Waals surface area contributed by atoms with E-state index in [1.54, 1.807) is 24.3 Å². The minimum absolute atomic E-state index is 0.0837. The van der Waals surface area contributed by atoms with Crippen LogP contribution in [0.15, 0.2) is 54.6 Å². The fourth-order valence-electron chi connectivity index (χ4n) is 3.19. The quantitative estimate of drug-likeness (QED) is 0.818. The third-order valence-electron chi connectivity index (χ3n) is 4.80. The minimum Gasteiger partial charge on any atom is -0.366 e. The van der Waals surface area contributed by atoms with Crippen LogP contribution in [0.25, 0.3) is 0 Å². The highest BCUT2D eigenvalue weighted by Crippen LogP contribution is 2.34. The van der Waals surface area contributed by atoms with Gasteiger partial charge in [0, 0.05) is 6.54 Å². The molecular weight excluding hydrogens is 324 g/mol. The molecule has 2 atom stereocenters. The van der Waals surface area contributed by atoms with Crippen LogP contribution in [0.5, 0.6) is 0 Å². The molecule has 2 aromatic carbocycles. The second-order valence-electron chi connectivity index (χ2n) is 7.76. The van der Waals surface area contributed by atoms with Crippen molar-refractivity contribution in [2.24, 2.45) is 5.41 Å². The fourth-order valence-corrected chi connectivity index (χ4v) is 3.19. The number of nitrogens with zero attached hydrogens (tertiary/aromatic N) is 2. The lowest BCUT2D eigenvalue weighted by molar-refractivity contribution is -0.119. The zero-order valence-corrected chi connectivity index (χ0v) is 15.5. The van der Waals surface area contributed by atoms with E-state index in [9.17, 15) is 10.1 Å². The van der Waals surface area contributed by atoms with Gasteiger partial charge in [-0.05, 0) is 23.1 Å². The molecule has 3 rings (SSSR count). The minimum atomic E-state index is -0.174. The van der Waals surface area contributed by atoms with Crippen molar-refractivity contribution in [2.45, 2.75) is 33.0 Å². The predicted molar refractivity (Wildman–Crippen MR) is 101 cm³/mol. The monoisotopic (exact) mass is 348 g/mol. The lowest BCUT2D eigenvalue weighted by Crippen LogP contribution is -2.51. The first-order chi connectivity index (χ1) is 12.4. The average Bonchev–Trinajstić information content (AvgIpc) is 2.67. The van der Waals surface area contributed by atoms with Crippen LogP contribution in [-0.4, -0.2) is 30.0 Å². The SMILES string of the molecule is CC(C)(C)[C@H]1CN(C(=O)c2ccccc2C#N)C[C@@H](c2ccccc2)O1. The summed E-state index contributed by atoms with van der Waals surface area (Å²) in [6, 6.07) is 19.1. The molecule has 0 unspecified atom stereocenters. The number of carbonyl (C=O) groups is 1. The molecule has 0 spiro atoms. The van der Waals surface area contributed by atoms with Gasteiger partial charge in [0.2, 0.25) is 0 Å². The zero-order valence-electron chi connectivity index (χ0n) is 15.5. The van der Waals surface area contributed by atoms with Gasteiger partial charge in [-0.1, -0.05) is 63.2 Å². The van der Waals surface area contributed by atoms with Crippen LogP contribution < -0.4 is 0 Å². The average molecular weight is 348 g/mol. The van der Waals surface area contributed by atoms with Crippen LogP contribution in [0.3, 0.4) is 0 Å². The summed E-state index contributed by atoms with van der Waals surface area (Å²) in [6.07, 6.45) is -0.257. The van der Waals surface area contributed by atoms with Gasteiger partial charge in [0.15, 0.2) is 0 Å². The van der Waals surface area contributed by atoms with Crippen LogP contribution in [0.2, 0.25) is 0 Å². The van der Waals surface area contributed by atoms with Gasteiger partial charge in [0.05, 0.1) is 29.8 Å². The third-order valence-corrected chi connectivity index (χ3v) is 4.80. The van der Waals surface area contributed by atoms with E-state index in [1.165, 1.54) is 0 Å². The van der Waals surface area contributed by atoms with Crippen molar-refractivity contribution in [3.8, 4) is 6.07 Å². The Kier molecular flexibility index (Phi) is 5.11. The Bertz CT molecular complexity index is 818. The van der Waals surface area contributed by atoms with Crippen molar-refractivity contribution in [1.82, 2.24) is 4.90 Å². The van der Waals surface area contributed by atoms with Crippen LogP contribution in [0, 0.1) is 16.7 Å². The molecule has 1 saturated heterocycles. The lowest BCUT2D eigenvalue weighted by atomic mass is 9.87. The van der Waals surface area contributed by atoms with Crippen molar-refractivity contribution < 1.29 is 9.53 Å². The standard InChI is InChI=1S/C22H24N2O2/c1-22(2,3)20-15-24(14-19(26-20)16-9-5-4-6-10-16)21(25)18-12-8-7-11-17(18)13-23/h4-12,19-20H,14-15H2,1-3H3/t19-,20+/m0/s1. The number of carbonyl (C=O) groups excluding carboxylic acids is 1. The predicted octanol–water partition coefficient (Wildman–Crippen LogP) is 4.19. The van der Waals surface area contributed by atoms with Gasteiger partial charge < -0.3 is 9.64 Å². The molecule has 4 heteroatoms. The molecule has 1 aliphatic heterocycles. The highest BCUT2D eigenvalue weighted by molar-refractivity contribution is 5.96. The zero-order chi connectivity index (χ0) is 18.7. The molecule has 0 aliphatic carbocycles. The summed E-state index contributed by atoms with van der Waals surface area (Å²) in [4.78, 5) is 15.0. The van der Waals surface area contributed by atoms with E-state index in [0.717, 1.165) is 5.56 Å². The van der Waals surface area contributed by atoms with E-state index in [0.29, 0.717) is 24.2 Å². The summed E-state index contributed by atoms with van der Waals surface area (Å²) >= 11 is 0. The van der Waals surface area contributed by atoms with E-state index >= 15 is 0 Å². The Morgan fingerprint density at radius 2 is 1.73 bits per heavy atom. The van der Waals surface area contributed by atoms with Gasteiger partial charge in [-0.3, -0.25) is 4.79 Å². The molecular formula is C22H24N2O2. The molecule has 0 aromatic heterocycles. The van der Waals surface area contributed by atoms with Crippen molar-refractivity contribution in [1.29, 1.82) is 5.26 Å². The first kappa shape index (κ1) is 18.2. The molecule has 2 aromatic rings. The topological polar surface area (TPSA) is 53.3 Å². The van der Waals surface area contributed by atoms with Crippen LogP contribution in [0.4, 0.5) is 0 Å². The van der Waals surface area contributed by atoms with Gasteiger partial charge >= 0.3 is 0 Å². The fraction of sp³-hybridized carbons (Fsp3) is 0.364. The van der Waals surface area contributed by atoms with Crippen molar-refractivity contribution in [3.05, 3.63) is 71.3 Å². The van der Waals surface area contributed by atoms with Gasteiger partial charge in [-0.15, -0.1) is 0 Å². The second-order valence-corrected chi connectivity index (χ2v) is 7.76. The molecule has 0 N–H and O–H groups in total. The van der Waals surface area contributed by atoms with Gasteiger partial charge in [0.25, 0.3) is 5.91 Å². The van der Waals surface area contributed by atoms with E-state index in [4.69, 9.17) is 4.74 Å². The van der Waals surface area contributed by atoms with Gasteiger partial charge in [-0.2, -0.15) is 5.26 Å². The Labute approximate surface area is 155 Å². The largest absolute Gasteiger partial charge is 0.366 e. The van der Waals surface area contributed by atoms with Crippen molar-refractivity contribution in [2.75, 3.05) is 13.1 Å². The van der Waals surface area contributed by atoms with Gasteiger partial charge in [-0.25, -0.2) is 0 Å². The first-order valence-corrected chi connectivity index (χ1v) is 8.89. The molecule has 0 saturated carbocycles. The highest BCUT2D eigenvalue weighted by atomic mass is 16.5. The molecule has 0 bridgehead atoms. The molecule has 4 nitrogen and oxygen atoms in total. The maximum absolute atomic E-state index is 13.1. The maximum atomic E-state index is 13.1. The second kappa shape index (κ2) is 7.31. The normalized spacial score (nSPS) is 20.5. The number of hydrogen-bond donors (Lipinski definition) is 0. The van der Waals surface area contributed by atoms with E-state index in [1.807, 2.05) is 35.2 Å². The maximum Gasteiger partial charge on any atom is 0.255 e. The number of nitriles is 1. The highest BCUT2D eigenvalue weighted by Gasteiger charge is 2.38. The summed E-state index contributed by atoms with van der Waals surface area (Å²) < 4.78 is 6.35. The molecule has 1 aliphatic rings. The Morgan fingerprint density at radius 3 is 2.38 bits per heavy atom. The number of morpholine rings is 1.